The highest BCUT2D eigenvalue weighted by Gasteiger charge is 2.20. The Balaban J connectivity index is 1.71. The SMILES string of the molecule is CCn1nc(C)c(NC(=O)c2cc3occc3n2Cc2ccccc2)c1C. The van der Waals surface area contributed by atoms with Crippen LogP contribution in [0.5, 0.6) is 0 Å². The molecular weight excluding hydrogens is 340 g/mol. The van der Waals surface area contributed by atoms with Gasteiger partial charge in [0.15, 0.2) is 5.58 Å². The number of carbonyl (C=O) groups is 1. The fourth-order valence-corrected chi connectivity index (χ4v) is 3.46. The largest absolute Gasteiger partial charge is 0.463 e. The first-order valence-electron chi connectivity index (χ1n) is 9.04. The van der Waals surface area contributed by atoms with Crippen LogP contribution in [0, 0.1) is 13.8 Å². The van der Waals surface area contributed by atoms with Gasteiger partial charge in [-0.05, 0) is 26.3 Å². The summed E-state index contributed by atoms with van der Waals surface area (Å²) in [6.45, 7) is 7.26. The van der Waals surface area contributed by atoms with Gasteiger partial charge in [0.25, 0.3) is 5.91 Å². The van der Waals surface area contributed by atoms with Crippen LogP contribution in [-0.4, -0.2) is 20.3 Å². The number of fused-ring (bicyclic) bond motifs is 1. The van der Waals surface area contributed by atoms with E-state index in [1.807, 2.05) is 66.4 Å². The average Bonchev–Trinajstić information content (AvgIpc) is 3.33. The monoisotopic (exact) mass is 362 g/mol. The van der Waals surface area contributed by atoms with E-state index >= 15 is 0 Å². The fraction of sp³-hybridized carbons (Fsp3) is 0.238. The van der Waals surface area contributed by atoms with Crippen LogP contribution in [0.3, 0.4) is 0 Å². The predicted octanol–water partition coefficient (Wildman–Crippen LogP) is 4.37. The molecule has 4 aromatic rings. The van der Waals surface area contributed by atoms with Gasteiger partial charge in [-0.1, -0.05) is 30.3 Å². The third-order valence-electron chi connectivity index (χ3n) is 4.86. The highest BCUT2D eigenvalue weighted by Crippen LogP contribution is 2.25. The predicted molar refractivity (Wildman–Crippen MR) is 105 cm³/mol. The number of benzene rings is 1. The molecule has 0 unspecified atom stereocenters. The van der Waals surface area contributed by atoms with Crippen molar-refractivity contribution in [1.29, 1.82) is 0 Å². The molecule has 0 saturated carbocycles. The van der Waals surface area contributed by atoms with Gasteiger partial charge in [0, 0.05) is 25.2 Å². The van der Waals surface area contributed by atoms with Crippen LogP contribution in [0.1, 0.15) is 34.4 Å². The van der Waals surface area contributed by atoms with Gasteiger partial charge in [0.2, 0.25) is 0 Å². The molecule has 0 fully saturated rings. The lowest BCUT2D eigenvalue weighted by atomic mass is 10.2. The lowest BCUT2D eigenvalue weighted by molar-refractivity contribution is 0.101. The van der Waals surface area contributed by atoms with Crippen LogP contribution in [0.25, 0.3) is 11.1 Å². The van der Waals surface area contributed by atoms with Crippen molar-refractivity contribution in [3.63, 3.8) is 0 Å². The minimum atomic E-state index is -0.167. The fourth-order valence-electron chi connectivity index (χ4n) is 3.46. The third kappa shape index (κ3) is 3.03. The Morgan fingerprint density at radius 3 is 2.67 bits per heavy atom. The number of nitrogens with zero attached hydrogens (tertiary/aromatic N) is 3. The van der Waals surface area contributed by atoms with E-state index in [1.54, 1.807) is 12.3 Å². The zero-order valence-corrected chi connectivity index (χ0v) is 15.7. The summed E-state index contributed by atoms with van der Waals surface area (Å²) in [6.07, 6.45) is 1.65. The van der Waals surface area contributed by atoms with Gasteiger partial charge in [-0.15, -0.1) is 0 Å². The molecule has 0 atom stereocenters. The quantitative estimate of drug-likeness (QED) is 0.573. The van der Waals surface area contributed by atoms with E-state index in [1.165, 1.54) is 0 Å². The van der Waals surface area contributed by atoms with Gasteiger partial charge in [-0.2, -0.15) is 5.10 Å². The highest BCUT2D eigenvalue weighted by molar-refractivity contribution is 6.06. The molecule has 6 nitrogen and oxygen atoms in total. The first-order chi connectivity index (χ1) is 13.1. The van der Waals surface area contributed by atoms with Crippen LogP contribution in [0.2, 0.25) is 0 Å². The Morgan fingerprint density at radius 1 is 1.19 bits per heavy atom. The standard InChI is InChI=1S/C21H22N4O2/c1-4-25-15(3)20(14(2)23-25)22-21(26)18-12-19-17(10-11-27-19)24(18)13-16-8-6-5-7-9-16/h5-12H,4,13H2,1-3H3,(H,22,26). The van der Waals surface area contributed by atoms with Crippen molar-refractivity contribution in [2.45, 2.75) is 33.9 Å². The van der Waals surface area contributed by atoms with Crippen molar-refractivity contribution in [3.05, 3.63) is 71.4 Å². The maximum Gasteiger partial charge on any atom is 0.272 e. The molecule has 3 heterocycles. The second-order valence-corrected chi connectivity index (χ2v) is 6.59. The topological polar surface area (TPSA) is 65.0 Å². The van der Waals surface area contributed by atoms with Crippen LogP contribution >= 0.6 is 0 Å². The number of hydrogen-bond acceptors (Lipinski definition) is 3. The van der Waals surface area contributed by atoms with E-state index in [0.717, 1.165) is 34.7 Å². The molecule has 1 aromatic carbocycles. The molecule has 138 valence electrons. The number of hydrogen-bond donors (Lipinski definition) is 1. The number of carbonyl (C=O) groups excluding carboxylic acids is 1. The summed E-state index contributed by atoms with van der Waals surface area (Å²) in [5.74, 6) is -0.167. The molecule has 27 heavy (non-hydrogen) atoms. The Kier molecular flexibility index (Phi) is 4.32. The lowest BCUT2D eigenvalue weighted by Crippen LogP contribution is -2.18. The molecule has 0 radical (unpaired) electrons. The molecule has 3 aromatic heterocycles. The molecule has 0 saturated heterocycles. The third-order valence-corrected chi connectivity index (χ3v) is 4.86. The van der Waals surface area contributed by atoms with Gasteiger partial charge >= 0.3 is 0 Å². The average molecular weight is 362 g/mol. The molecule has 6 heteroatoms. The van der Waals surface area contributed by atoms with Crippen molar-refractivity contribution in [2.24, 2.45) is 0 Å². The Labute approximate surface area is 157 Å². The normalized spacial score (nSPS) is 11.2. The van der Waals surface area contributed by atoms with Crippen molar-refractivity contribution in [1.82, 2.24) is 14.3 Å². The smallest absolute Gasteiger partial charge is 0.272 e. The Hall–Kier alpha value is -3.28. The summed E-state index contributed by atoms with van der Waals surface area (Å²) < 4.78 is 9.40. The number of furan rings is 1. The highest BCUT2D eigenvalue weighted by atomic mass is 16.3. The molecule has 1 amide bonds. The molecule has 0 bridgehead atoms. The van der Waals surface area contributed by atoms with E-state index in [9.17, 15) is 4.79 Å². The van der Waals surface area contributed by atoms with Gasteiger partial charge in [0.05, 0.1) is 28.9 Å². The summed E-state index contributed by atoms with van der Waals surface area (Å²) >= 11 is 0. The van der Waals surface area contributed by atoms with Crippen molar-refractivity contribution >= 4 is 22.7 Å². The number of rotatable bonds is 5. The summed E-state index contributed by atoms with van der Waals surface area (Å²) in [4.78, 5) is 13.1. The summed E-state index contributed by atoms with van der Waals surface area (Å²) in [6, 6.07) is 13.8. The summed E-state index contributed by atoms with van der Waals surface area (Å²) in [5, 5.41) is 7.52. The van der Waals surface area contributed by atoms with E-state index < -0.39 is 0 Å². The van der Waals surface area contributed by atoms with E-state index in [-0.39, 0.29) is 5.91 Å². The van der Waals surface area contributed by atoms with Gasteiger partial charge in [0.1, 0.15) is 5.69 Å². The Morgan fingerprint density at radius 2 is 1.96 bits per heavy atom. The van der Waals surface area contributed by atoms with Gasteiger partial charge in [-0.3, -0.25) is 9.48 Å². The minimum Gasteiger partial charge on any atom is -0.463 e. The molecule has 0 aliphatic carbocycles. The van der Waals surface area contributed by atoms with E-state index in [4.69, 9.17) is 4.42 Å². The number of amides is 1. The molecule has 1 N–H and O–H groups in total. The molecule has 0 aliphatic rings. The van der Waals surface area contributed by atoms with Gasteiger partial charge in [-0.25, -0.2) is 0 Å². The second-order valence-electron chi connectivity index (χ2n) is 6.59. The molecule has 0 spiro atoms. The first kappa shape index (κ1) is 17.1. The molecule has 0 aliphatic heterocycles. The molecular formula is C21H22N4O2. The summed E-state index contributed by atoms with van der Waals surface area (Å²) in [5.41, 5.74) is 5.83. The van der Waals surface area contributed by atoms with Crippen molar-refractivity contribution in [3.8, 4) is 0 Å². The lowest BCUT2D eigenvalue weighted by Gasteiger charge is -2.11. The number of nitrogens with one attached hydrogen (secondary N) is 1. The first-order valence-corrected chi connectivity index (χ1v) is 9.04. The van der Waals surface area contributed by atoms with Crippen LogP contribution in [-0.2, 0) is 13.1 Å². The zero-order chi connectivity index (χ0) is 19.0. The van der Waals surface area contributed by atoms with Crippen molar-refractivity contribution in [2.75, 3.05) is 5.32 Å². The summed E-state index contributed by atoms with van der Waals surface area (Å²) in [7, 11) is 0. The van der Waals surface area contributed by atoms with E-state index in [0.29, 0.717) is 17.8 Å². The maximum atomic E-state index is 13.1. The van der Waals surface area contributed by atoms with Crippen LogP contribution in [0.4, 0.5) is 5.69 Å². The van der Waals surface area contributed by atoms with Crippen molar-refractivity contribution < 1.29 is 9.21 Å². The number of aryl methyl sites for hydroxylation is 2. The van der Waals surface area contributed by atoms with Crippen LogP contribution < -0.4 is 5.32 Å². The minimum absolute atomic E-state index is 0.167. The zero-order valence-electron chi connectivity index (χ0n) is 15.7. The van der Waals surface area contributed by atoms with Crippen LogP contribution in [0.15, 0.2) is 53.1 Å². The number of anilines is 1. The second kappa shape index (κ2) is 6.79. The number of aromatic nitrogens is 3. The van der Waals surface area contributed by atoms with Gasteiger partial charge < -0.3 is 14.3 Å². The molecule has 4 rings (SSSR count). The maximum absolute atomic E-state index is 13.1. The van der Waals surface area contributed by atoms with E-state index in [2.05, 4.69) is 10.4 Å². The Bertz CT molecular complexity index is 1100.